The van der Waals surface area contributed by atoms with Gasteiger partial charge in [0, 0.05) is 35.0 Å². The minimum atomic E-state index is -0.696. The Balaban J connectivity index is 2.36. The molecule has 0 saturated carbocycles. The van der Waals surface area contributed by atoms with Crippen molar-refractivity contribution in [3.05, 3.63) is 68.4 Å². The standard InChI is InChI=1S/C24H27NO5/c1-12(2)10-19(27)20-14(4)25-15(5)21(24(28)29-6)22(20)17-9-7-8-16-18(26)11-13(3)30-23(16)17/h7-9,11-12,22,25H,10H2,1-6H3. The Kier molecular flexibility index (Phi) is 5.97. The molecule has 1 aliphatic heterocycles. The second kappa shape index (κ2) is 8.30. The summed E-state index contributed by atoms with van der Waals surface area (Å²) >= 11 is 0. The number of ketones is 1. The minimum absolute atomic E-state index is 0.0547. The molecule has 30 heavy (non-hydrogen) atoms. The number of carbonyl (C=O) groups excluding carboxylic acids is 2. The molecule has 6 heteroatoms. The lowest BCUT2D eigenvalue weighted by Gasteiger charge is -2.31. The van der Waals surface area contributed by atoms with Gasteiger partial charge in [-0.2, -0.15) is 0 Å². The maximum atomic E-state index is 13.3. The zero-order valence-electron chi connectivity index (χ0n) is 18.2. The number of allylic oxidation sites excluding steroid dienone is 3. The van der Waals surface area contributed by atoms with Crippen molar-refractivity contribution in [1.82, 2.24) is 5.32 Å². The number of rotatable bonds is 5. The highest BCUT2D eigenvalue weighted by atomic mass is 16.5. The van der Waals surface area contributed by atoms with Crippen molar-refractivity contribution in [3.63, 3.8) is 0 Å². The second-order valence-corrected chi connectivity index (χ2v) is 8.09. The molecule has 1 unspecified atom stereocenters. The minimum Gasteiger partial charge on any atom is -0.466 e. The largest absolute Gasteiger partial charge is 0.466 e. The number of dihydropyridines is 1. The second-order valence-electron chi connectivity index (χ2n) is 8.09. The van der Waals surface area contributed by atoms with Gasteiger partial charge in [0.25, 0.3) is 0 Å². The van der Waals surface area contributed by atoms with E-state index in [4.69, 9.17) is 9.15 Å². The number of ether oxygens (including phenoxy) is 1. The summed E-state index contributed by atoms with van der Waals surface area (Å²) in [7, 11) is 1.31. The molecule has 6 nitrogen and oxygen atoms in total. The Morgan fingerprint density at radius 1 is 1.13 bits per heavy atom. The highest BCUT2D eigenvalue weighted by molar-refractivity contribution is 6.04. The van der Waals surface area contributed by atoms with E-state index in [9.17, 15) is 14.4 Å². The molecule has 1 aliphatic rings. The van der Waals surface area contributed by atoms with Gasteiger partial charge in [0.15, 0.2) is 11.2 Å². The number of Topliss-reactive ketones (excluding diaryl/α,β-unsaturated/α-hetero) is 1. The van der Waals surface area contributed by atoms with Crippen molar-refractivity contribution in [3.8, 4) is 0 Å². The van der Waals surface area contributed by atoms with Crippen LogP contribution in [0.5, 0.6) is 0 Å². The number of fused-ring (bicyclic) bond motifs is 1. The quantitative estimate of drug-likeness (QED) is 0.748. The van der Waals surface area contributed by atoms with Gasteiger partial charge < -0.3 is 14.5 Å². The molecule has 1 aromatic heterocycles. The third kappa shape index (κ3) is 3.82. The van der Waals surface area contributed by atoms with Gasteiger partial charge in [0.1, 0.15) is 11.3 Å². The predicted octanol–water partition coefficient (Wildman–Crippen LogP) is 4.12. The fourth-order valence-corrected chi connectivity index (χ4v) is 4.08. The van der Waals surface area contributed by atoms with E-state index in [2.05, 4.69) is 5.32 Å². The number of hydrogen-bond donors (Lipinski definition) is 1. The molecule has 0 fully saturated rings. The van der Waals surface area contributed by atoms with Crippen LogP contribution in [-0.4, -0.2) is 18.9 Å². The third-order valence-electron chi connectivity index (χ3n) is 5.28. The van der Waals surface area contributed by atoms with Gasteiger partial charge in [0.2, 0.25) is 0 Å². The smallest absolute Gasteiger partial charge is 0.336 e. The highest BCUT2D eigenvalue weighted by Gasteiger charge is 2.38. The van der Waals surface area contributed by atoms with E-state index in [1.165, 1.54) is 13.2 Å². The van der Waals surface area contributed by atoms with Gasteiger partial charge in [-0.3, -0.25) is 9.59 Å². The van der Waals surface area contributed by atoms with E-state index >= 15 is 0 Å². The Bertz CT molecular complexity index is 1150. The van der Waals surface area contributed by atoms with Crippen molar-refractivity contribution in [2.45, 2.75) is 47.0 Å². The van der Waals surface area contributed by atoms with Crippen molar-refractivity contribution < 1.29 is 18.7 Å². The summed E-state index contributed by atoms with van der Waals surface area (Å²) in [6, 6.07) is 6.66. The fraction of sp³-hybridized carbons (Fsp3) is 0.375. The lowest BCUT2D eigenvalue weighted by atomic mass is 9.77. The van der Waals surface area contributed by atoms with E-state index in [1.807, 2.05) is 20.8 Å². The fourth-order valence-electron chi connectivity index (χ4n) is 4.08. The maximum absolute atomic E-state index is 13.3. The molecule has 2 heterocycles. The van der Waals surface area contributed by atoms with Crippen LogP contribution in [0, 0.1) is 12.8 Å². The average molecular weight is 409 g/mol. The molecule has 158 valence electrons. The summed E-state index contributed by atoms with van der Waals surface area (Å²) in [5.74, 6) is -0.663. The van der Waals surface area contributed by atoms with Crippen molar-refractivity contribution in [1.29, 1.82) is 0 Å². The number of benzene rings is 1. The number of hydrogen-bond acceptors (Lipinski definition) is 6. The third-order valence-corrected chi connectivity index (χ3v) is 5.28. The first-order valence-electron chi connectivity index (χ1n) is 9.99. The first kappa shape index (κ1) is 21.6. The van der Waals surface area contributed by atoms with Crippen molar-refractivity contribution in [2.24, 2.45) is 5.92 Å². The van der Waals surface area contributed by atoms with Gasteiger partial charge in [-0.15, -0.1) is 0 Å². The SMILES string of the molecule is COC(=O)C1=C(C)NC(C)=C(C(=O)CC(C)C)C1c1cccc2c(=O)cc(C)oc12. The van der Waals surface area contributed by atoms with Gasteiger partial charge in [0.05, 0.1) is 24.0 Å². The summed E-state index contributed by atoms with van der Waals surface area (Å²) in [6.07, 6.45) is 0.339. The Morgan fingerprint density at radius 3 is 2.43 bits per heavy atom. The summed E-state index contributed by atoms with van der Waals surface area (Å²) < 4.78 is 11.0. The van der Waals surface area contributed by atoms with Gasteiger partial charge in [-0.05, 0) is 32.8 Å². The van der Waals surface area contributed by atoms with E-state index in [0.717, 1.165) is 0 Å². The van der Waals surface area contributed by atoms with Crippen LogP contribution in [0.25, 0.3) is 11.0 Å². The summed E-state index contributed by atoms with van der Waals surface area (Å²) in [4.78, 5) is 38.6. The number of esters is 1. The van der Waals surface area contributed by atoms with Gasteiger partial charge in [-0.1, -0.05) is 26.0 Å². The molecule has 1 aromatic carbocycles. The van der Waals surface area contributed by atoms with Crippen molar-refractivity contribution >= 4 is 22.7 Å². The van der Waals surface area contributed by atoms with E-state index in [-0.39, 0.29) is 17.1 Å². The first-order valence-corrected chi connectivity index (χ1v) is 9.99. The van der Waals surface area contributed by atoms with Gasteiger partial charge >= 0.3 is 5.97 Å². The van der Waals surface area contributed by atoms with Crippen molar-refractivity contribution in [2.75, 3.05) is 7.11 Å². The van der Waals surface area contributed by atoms with Crippen LogP contribution in [0.3, 0.4) is 0 Å². The Morgan fingerprint density at radius 2 is 1.80 bits per heavy atom. The number of methoxy groups -OCH3 is 1. The molecule has 0 spiro atoms. The van der Waals surface area contributed by atoms with Gasteiger partial charge in [-0.25, -0.2) is 4.79 Å². The summed E-state index contributed by atoms with van der Waals surface area (Å²) in [5.41, 5.74) is 2.94. The molecule has 0 radical (unpaired) electrons. The summed E-state index contributed by atoms with van der Waals surface area (Å²) in [6.45, 7) is 9.25. The van der Waals surface area contributed by atoms with Crippen LogP contribution >= 0.6 is 0 Å². The molecule has 0 amide bonds. The van der Waals surface area contributed by atoms with Crippen LogP contribution in [-0.2, 0) is 14.3 Å². The predicted molar refractivity (Wildman–Crippen MR) is 115 cm³/mol. The maximum Gasteiger partial charge on any atom is 0.336 e. The van der Waals surface area contributed by atoms with Crippen LogP contribution in [0.1, 0.15) is 51.4 Å². The molecule has 0 saturated heterocycles. The van der Waals surface area contributed by atoms with Crippen LogP contribution in [0.2, 0.25) is 0 Å². The Labute approximate surface area is 175 Å². The number of carbonyl (C=O) groups is 2. The van der Waals surface area contributed by atoms with E-state index in [0.29, 0.717) is 51.3 Å². The molecule has 3 rings (SSSR count). The number of para-hydroxylation sites is 1. The zero-order chi connectivity index (χ0) is 22.2. The number of nitrogens with one attached hydrogen (secondary N) is 1. The monoisotopic (exact) mass is 409 g/mol. The van der Waals surface area contributed by atoms with E-state index in [1.54, 1.807) is 32.0 Å². The van der Waals surface area contributed by atoms with Crippen LogP contribution in [0.4, 0.5) is 0 Å². The van der Waals surface area contributed by atoms with Crippen LogP contribution in [0.15, 0.2) is 56.0 Å². The first-order chi connectivity index (χ1) is 14.1. The molecule has 1 N–H and O–H groups in total. The topological polar surface area (TPSA) is 85.6 Å². The molecule has 2 aromatic rings. The normalized spacial score (nSPS) is 16.8. The summed E-state index contributed by atoms with van der Waals surface area (Å²) in [5, 5.41) is 3.57. The average Bonchev–Trinajstić information content (AvgIpc) is 2.65. The lowest BCUT2D eigenvalue weighted by molar-refractivity contribution is -0.136. The highest BCUT2D eigenvalue weighted by Crippen LogP contribution is 2.42. The molecular formula is C24H27NO5. The lowest BCUT2D eigenvalue weighted by Crippen LogP contribution is -2.32. The van der Waals surface area contributed by atoms with E-state index < -0.39 is 11.9 Å². The number of aryl methyl sites for hydroxylation is 1. The zero-order valence-corrected chi connectivity index (χ0v) is 18.2. The Hall–Kier alpha value is -3.15. The molecule has 1 atom stereocenters. The molecular weight excluding hydrogens is 382 g/mol. The van der Waals surface area contributed by atoms with Crippen LogP contribution < -0.4 is 10.7 Å². The molecule has 0 aliphatic carbocycles. The molecule has 0 bridgehead atoms.